The smallest absolute Gasteiger partial charge is 0.336 e. The van der Waals surface area contributed by atoms with E-state index in [4.69, 9.17) is 9.84 Å². The van der Waals surface area contributed by atoms with Gasteiger partial charge in [0.2, 0.25) is 0 Å². The molecule has 0 aliphatic heterocycles. The van der Waals surface area contributed by atoms with Crippen LogP contribution in [0.4, 0.5) is 0 Å². The maximum atomic E-state index is 10.9. The second-order valence-corrected chi connectivity index (χ2v) is 4.26. The van der Waals surface area contributed by atoms with Crippen molar-refractivity contribution in [1.29, 1.82) is 0 Å². The fraction of sp³-hybridized carbons (Fsp3) is 0.462. The van der Waals surface area contributed by atoms with Crippen molar-refractivity contribution < 1.29 is 14.6 Å². The number of hydrogen-bond acceptors (Lipinski definition) is 2. The van der Waals surface area contributed by atoms with Crippen LogP contribution < -0.4 is 4.74 Å². The fourth-order valence-electron chi connectivity index (χ4n) is 1.41. The molecule has 0 saturated heterocycles. The average Bonchev–Trinajstić information content (AvgIpc) is 2.19. The summed E-state index contributed by atoms with van der Waals surface area (Å²) in [6.45, 7) is 6.66. The molecule has 3 nitrogen and oxygen atoms in total. The summed E-state index contributed by atoms with van der Waals surface area (Å²) >= 11 is 0. The van der Waals surface area contributed by atoms with Gasteiger partial charge in [-0.3, -0.25) is 0 Å². The molecule has 0 aliphatic carbocycles. The van der Waals surface area contributed by atoms with Gasteiger partial charge in [-0.1, -0.05) is 19.9 Å². The van der Waals surface area contributed by atoms with Crippen LogP contribution in [0.25, 0.3) is 0 Å². The first-order valence-electron chi connectivity index (χ1n) is 5.48. The second kappa shape index (κ2) is 5.54. The van der Waals surface area contributed by atoms with Gasteiger partial charge < -0.3 is 9.84 Å². The van der Waals surface area contributed by atoms with E-state index in [1.165, 1.54) is 0 Å². The molecule has 0 aromatic heterocycles. The molecule has 0 radical (unpaired) electrons. The van der Waals surface area contributed by atoms with Crippen LogP contribution >= 0.6 is 0 Å². The molecule has 1 aromatic rings. The molecule has 0 amide bonds. The van der Waals surface area contributed by atoms with Gasteiger partial charge in [-0.15, -0.1) is 0 Å². The molecule has 0 fully saturated rings. The normalized spacial score (nSPS) is 10.5. The van der Waals surface area contributed by atoms with E-state index in [0.29, 0.717) is 29.4 Å². The number of ether oxygens (including phenoxy) is 1. The molecule has 0 saturated carbocycles. The number of benzene rings is 1. The lowest BCUT2D eigenvalue weighted by atomic mass is 10.1. The lowest BCUT2D eigenvalue weighted by Crippen LogP contribution is -2.05. The molecule has 16 heavy (non-hydrogen) atoms. The zero-order chi connectivity index (χ0) is 12.1. The van der Waals surface area contributed by atoms with Gasteiger partial charge in [0, 0.05) is 5.56 Å². The maximum Gasteiger partial charge on any atom is 0.336 e. The number of aromatic carboxylic acids is 1. The largest absolute Gasteiger partial charge is 0.493 e. The second-order valence-electron chi connectivity index (χ2n) is 4.26. The molecular formula is C13H18O3. The van der Waals surface area contributed by atoms with Crippen LogP contribution in [0.15, 0.2) is 18.2 Å². The molecule has 3 heteroatoms. The lowest BCUT2D eigenvalue weighted by molar-refractivity contribution is 0.0695. The van der Waals surface area contributed by atoms with Crippen molar-refractivity contribution in [1.82, 2.24) is 0 Å². The fourth-order valence-corrected chi connectivity index (χ4v) is 1.41. The quantitative estimate of drug-likeness (QED) is 0.832. The SMILES string of the molecule is Cc1c(OCCC(C)C)cccc1C(=O)O. The summed E-state index contributed by atoms with van der Waals surface area (Å²) < 4.78 is 5.58. The Bertz CT molecular complexity index is 369. The summed E-state index contributed by atoms with van der Waals surface area (Å²) in [5.41, 5.74) is 1.00. The summed E-state index contributed by atoms with van der Waals surface area (Å²) in [6, 6.07) is 5.11. The summed E-state index contributed by atoms with van der Waals surface area (Å²) in [7, 11) is 0. The minimum Gasteiger partial charge on any atom is -0.493 e. The predicted octanol–water partition coefficient (Wildman–Crippen LogP) is 3.12. The van der Waals surface area contributed by atoms with Crippen molar-refractivity contribution in [3.63, 3.8) is 0 Å². The van der Waals surface area contributed by atoms with Gasteiger partial charge in [-0.25, -0.2) is 4.79 Å². The molecule has 0 bridgehead atoms. The van der Waals surface area contributed by atoms with Crippen molar-refractivity contribution >= 4 is 5.97 Å². The van der Waals surface area contributed by atoms with E-state index in [2.05, 4.69) is 13.8 Å². The van der Waals surface area contributed by atoms with E-state index >= 15 is 0 Å². The molecule has 88 valence electrons. The first-order chi connectivity index (χ1) is 7.52. The predicted molar refractivity (Wildman–Crippen MR) is 63.1 cm³/mol. The number of carbonyl (C=O) groups is 1. The lowest BCUT2D eigenvalue weighted by Gasteiger charge is -2.11. The molecule has 0 heterocycles. The third-order valence-electron chi connectivity index (χ3n) is 2.47. The van der Waals surface area contributed by atoms with Crippen molar-refractivity contribution in [3.05, 3.63) is 29.3 Å². The zero-order valence-corrected chi connectivity index (χ0v) is 9.99. The van der Waals surface area contributed by atoms with Crippen molar-refractivity contribution in [2.75, 3.05) is 6.61 Å². The maximum absolute atomic E-state index is 10.9. The van der Waals surface area contributed by atoms with E-state index in [1.807, 2.05) is 6.07 Å². The van der Waals surface area contributed by atoms with Gasteiger partial charge in [0.1, 0.15) is 5.75 Å². The highest BCUT2D eigenvalue weighted by molar-refractivity contribution is 5.90. The van der Waals surface area contributed by atoms with Gasteiger partial charge >= 0.3 is 5.97 Å². The Morgan fingerprint density at radius 1 is 1.44 bits per heavy atom. The van der Waals surface area contributed by atoms with Crippen molar-refractivity contribution in [3.8, 4) is 5.75 Å². The summed E-state index contributed by atoms with van der Waals surface area (Å²) in [5.74, 6) is 0.343. The van der Waals surface area contributed by atoms with Crippen LogP contribution in [-0.2, 0) is 0 Å². The standard InChI is InChI=1S/C13H18O3/c1-9(2)7-8-16-12-6-4-5-11(10(12)3)13(14)15/h4-6,9H,7-8H2,1-3H3,(H,14,15). The Hall–Kier alpha value is -1.51. The van der Waals surface area contributed by atoms with Crippen LogP contribution in [0.5, 0.6) is 5.75 Å². The van der Waals surface area contributed by atoms with Gasteiger partial charge in [0.05, 0.1) is 12.2 Å². The van der Waals surface area contributed by atoms with Crippen LogP contribution in [0.2, 0.25) is 0 Å². The highest BCUT2D eigenvalue weighted by Crippen LogP contribution is 2.21. The van der Waals surface area contributed by atoms with Gasteiger partial charge in [-0.2, -0.15) is 0 Å². The molecule has 0 unspecified atom stereocenters. The molecule has 1 N–H and O–H groups in total. The Kier molecular flexibility index (Phi) is 4.35. The van der Waals surface area contributed by atoms with Crippen LogP contribution in [0.3, 0.4) is 0 Å². The highest BCUT2D eigenvalue weighted by Gasteiger charge is 2.10. The topological polar surface area (TPSA) is 46.5 Å². The minimum absolute atomic E-state index is 0.307. The number of rotatable bonds is 5. The third kappa shape index (κ3) is 3.26. The Labute approximate surface area is 96.1 Å². The zero-order valence-electron chi connectivity index (χ0n) is 9.99. The van der Waals surface area contributed by atoms with E-state index < -0.39 is 5.97 Å². The molecule has 1 aromatic carbocycles. The molecule has 0 atom stereocenters. The Balaban J connectivity index is 2.73. The summed E-state index contributed by atoms with van der Waals surface area (Å²) in [6.07, 6.45) is 0.969. The van der Waals surface area contributed by atoms with Crippen LogP contribution in [-0.4, -0.2) is 17.7 Å². The minimum atomic E-state index is -0.910. The van der Waals surface area contributed by atoms with Crippen molar-refractivity contribution in [2.24, 2.45) is 5.92 Å². The number of carboxylic acid groups (broad SMARTS) is 1. The van der Waals surface area contributed by atoms with Gasteiger partial charge in [0.15, 0.2) is 0 Å². The van der Waals surface area contributed by atoms with Crippen LogP contribution in [0.1, 0.15) is 36.2 Å². The average molecular weight is 222 g/mol. The number of carboxylic acids is 1. The summed E-state index contributed by atoms with van der Waals surface area (Å²) in [4.78, 5) is 10.9. The van der Waals surface area contributed by atoms with Crippen LogP contribution in [0, 0.1) is 12.8 Å². The van der Waals surface area contributed by atoms with Gasteiger partial charge in [-0.05, 0) is 31.4 Å². The first-order valence-corrected chi connectivity index (χ1v) is 5.48. The Morgan fingerprint density at radius 2 is 2.12 bits per heavy atom. The van der Waals surface area contributed by atoms with E-state index in [9.17, 15) is 4.79 Å². The molecule has 0 spiro atoms. The first kappa shape index (κ1) is 12.6. The van der Waals surface area contributed by atoms with E-state index in [0.717, 1.165) is 6.42 Å². The molecular weight excluding hydrogens is 204 g/mol. The van der Waals surface area contributed by atoms with E-state index in [-0.39, 0.29) is 0 Å². The monoisotopic (exact) mass is 222 g/mol. The Morgan fingerprint density at radius 3 is 2.69 bits per heavy atom. The molecule has 1 rings (SSSR count). The van der Waals surface area contributed by atoms with Gasteiger partial charge in [0.25, 0.3) is 0 Å². The van der Waals surface area contributed by atoms with E-state index in [1.54, 1.807) is 19.1 Å². The number of hydrogen-bond donors (Lipinski definition) is 1. The summed E-state index contributed by atoms with van der Waals surface area (Å²) in [5, 5.41) is 8.95. The third-order valence-corrected chi connectivity index (χ3v) is 2.47. The van der Waals surface area contributed by atoms with Crippen molar-refractivity contribution in [2.45, 2.75) is 27.2 Å². The highest BCUT2D eigenvalue weighted by atomic mass is 16.5. The molecule has 0 aliphatic rings.